The summed E-state index contributed by atoms with van der Waals surface area (Å²) in [7, 11) is 0. The van der Waals surface area contributed by atoms with Crippen LogP contribution in [0.15, 0.2) is 41.4 Å². The number of aliphatic imine (C=N–C) groups is 1. The standard InChI is InChI=1S/C47H75NO5/c1-9-17-21-35(13-5)31-50-40-26-27-41-42(30-40)48-45(47(46(41)49)53-34-38(16-8)24-20-12-4)39-25-28-43(51-32-36(14-6)22-18-10-2)44(29-39)52-33-37(15-7)23-19-11-3/h25-30,35-38,47H,9-24,31-34H2,1-8H3. The average Bonchev–Trinajstić information content (AvgIpc) is 3.18. The zero-order valence-corrected chi connectivity index (χ0v) is 35.0. The van der Waals surface area contributed by atoms with Gasteiger partial charge in [0.25, 0.3) is 0 Å². The number of carbonyl (C=O) groups is 1. The van der Waals surface area contributed by atoms with Gasteiger partial charge in [-0.15, -0.1) is 0 Å². The Morgan fingerprint density at radius 1 is 0.566 bits per heavy atom. The SMILES string of the molecule is CCCCC(CC)COc1ccc2c(c1)N=C(c1ccc(OCC(CC)CCCC)c(OCC(CC)CCCC)c1)C(OCC(CC)CCCC)C2=O. The van der Waals surface area contributed by atoms with Crippen molar-refractivity contribution in [1.29, 1.82) is 0 Å². The van der Waals surface area contributed by atoms with Crippen LogP contribution in [0.2, 0.25) is 0 Å². The highest BCUT2D eigenvalue weighted by molar-refractivity contribution is 6.25. The summed E-state index contributed by atoms with van der Waals surface area (Å²) in [6.07, 6.45) is 17.5. The lowest BCUT2D eigenvalue weighted by atomic mass is 9.92. The summed E-state index contributed by atoms with van der Waals surface area (Å²) >= 11 is 0. The van der Waals surface area contributed by atoms with Gasteiger partial charge in [-0.05, 0) is 79.7 Å². The van der Waals surface area contributed by atoms with E-state index in [1.165, 1.54) is 38.5 Å². The zero-order chi connectivity index (χ0) is 38.4. The minimum atomic E-state index is -0.797. The maximum atomic E-state index is 14.4. The van der Waals surface area contributed by atoms with E-state index in [-0.39, 0.29) is 5.78 Å². The predicted molar refractivity (Wildman–Crippen MR) is 223 cm³/mol. The van der Waals surface area contributed by atoms with Crippen LogP contribution in [0, 0.1) is 23.7 Å². The molecule has 1 aliphatic heterocycles. The number of hydrogen-bond acceptors (Lipinski definition) is 6. The van der Waals surface area contributed by atoms with E-state index in [0.717, 1.165) is 81.3 Å². The molecule has 5 atom stereocenters. The highest BCUT2D eigenvalue weighted by atomic mass is 16.5. The zero-order valence-electron chi connectivity index (χ0n) is 35.0. The van der Waals surface area contributed by atoms with Gasteiger partial charge in [0.2, 0.25) is 0 Å². The van der Waals surface area contributed by atoms with Crippen LogP contribution in [-0.2, 0) is 4.74 Å². The largest absolute Gasteiger partial charge is 0.493 e. The van der Waals surface area contributed by atoms with Crippen molar-refractivity contribution >= 4 is 17.2 Å². The number of hydrogen-bond donors (Lipinski definition) is 0. The highest BCUT2D eigenvalue weighted by Crippen LogP contribution is 2.37. The molecule has 0 bridgehead atoms. The molecule has 0 aromatic heterocycles. The number of fused-ring (bicyclic) bond motifs is 1. The second-order valence-corrected chi connectivity index (χ2v) is 15.5. The van der Waals surface area contributed by atoms with E-state index in [9.17, 15) is 4.79 Å². The molecule has 1 heterocycles. The molecular formula is C47H75NO5. The number of ether oxygens (including phenoxy) is 4. The van der Waals surface area contributed by atoms with E-state index in [4.69, 9.17) is 23.9 Å². The van der Waals surface area contributed by atoms with Gasteiger partial charge in [-0.2, -0.15) is 0 Å². The van der Waals surface area contributed by atoms with Gasteiger partial charge in [0.15, 0.2) is 23.4 Å². The first-order chi connectivity index (χ1) is 25.8. The third-order valence-corrected chi connectivity index (χ3v) is 11.3. The van der Waals surface area contributed by atoms with E-state index in [0.29, 0.717) is 72.8 Å². The molecule has 2 aromatic rings. The Labute approximate surface area is 324 Å². The van der Waals surface area contributed by atoms with Crippen LogP contribution >= 0.6 is 0 Å². The fraction of sp³-hybridized carbons (Fsp3) is 0.702. The first-order valence-corrected chi connectivity index (χ1v) is 21.8. The van der Waals surface area contributed by atoms with E-state index >= 15 is 0 Å². The molecule has 0 N–H and O–H groups in total. The lowest BCUT2D eigenvalue weighted by molar-refractivity contribution is 0.0483. The van der Waals surface area contributed by atoms with Gasteiger partial charge in [-0.3, -0.25) is 4.79 Å². The van der Waals surface area contributed by atoms with Crippen LogP contribution in [0.25, 0.3) is 0 Å². The molecule has 0 amide bonds. The molecule has 0 aliphatic carbocycles. The van der Waals surface area contributed by atoms with Crippen LogP contribution in [0.5, 0.6) is 17.2 Å². The number of ketones is 1. The molecule has 1 aliphatic rings. The van der Waals surface area contributed by atoms with E-state index in [1.807, 2.05) is 36.4 Å². The van der Waals surface area contributed by atoms with Crippen molar-refractivity contribution < 1.29 is 23.7 Å². The Morgan fingerprint density at radius 2 is 1.06 bits per heavy atom. The molecule has 53 heavy (non-hydrogen) atoms. The van der Waals surface area contributed by atoms with Gasteiger partial charge < -0.3 is 18.9 Å². The smallest absolute Gasteiger partial charge is 0.199 e. The van der Waals surface area contributed by atoms with Crippen molar-refractivity contribution in [1.82, 2.24) is 0 Å². The van der Waals surface area contributed by atoms with Gasteiger partial charge in [0, 0.05) is 17.2 Å². The van der Waals surface area contributed by atoms with Crippen molar-refractivity contribution in [3.63, 3.8) is 0 Å². The second-order valence-electron chi connectivity index (χ2n) is 15.5. The topological polar surface area (TPSA) is 66.3 Å². The van der Waals surface area contributed by atoms with Crippen molar-refractivity contribution in [3.8, 4) is 17.2 Å². The Hall–Kier alpha value is -2.86. The first kappa shape index (κ1) is 44.5. The number of unbranched alkanes of at least 4 members (excludes halogenated alkanes) is 4. The third kappa shape index (κ3) is 14.4. The maximum Gasteiger partial charge on any atom is 0.199 e. The third-order valence-electron chi connectivity index (χ3n) is 11.3. The molecule has 0 saturated carbocycles. The number of rotatable bonds is 29. The van der Waals surface area contributed by atoms with Gasteiger partial charge in [-0.25, -0.2) is 4.99 Å². The fourth-order valence-corrected chi connectivity index (χ4v) is 7.08. The molecule has 3 rings (SSSR count). The lowest BCUT2D eigenvalue weighted by Gasteiger charge is -2.27. The van der Waals surface area contributed by atoms with Gasteiger partial charge >= 0.3 is 0 Å². The Bertz CT molecular complexity index is 1350. The van der Waals surface area contributed by atoms with Crippen molar-refractivity contribution in [2.75, 3.05) is 26.4 Å². The molecule has 5 unspecified atom stereocenters. The Balaban J connectivity index is 2.03. The van der Waals surface area contributed by atoms with Crippen LogP contribution in [0.1, 0.15) is 174 Å². The monoisotopic (exact) mass is 734 g/mol. The van der Waals surface area contributed by atoms with E-state index in [1.54, 1.807) is 0 Å². The van der Waals surface area contributed by atoms with Crippen LogP contribution in [-0.4, -0.2) is 44.0 Å². The van der Waals surface area contributed by atoms with Gasteiger partial charge in [0.05, 0.1) is 37.8 Å². The number of benzene rings is 2. The lowest BCUT2D eigenvalue weighted by Crippen LogP contribution is -2.37. The molecule has 0 fully saturated rings. The summed E-state index contributed by atoms with van der Waals surface area (Å²) in [5.74, 6) is 4.04. The fourth-order valence-electron chi connectivity index (χ4n) is 7.08. The molecule has 6 nitrogen and oxygen atoms in total. The average molecular weight is 734 g/mol. The first-order valence-electron chi connectivity index (χ1n) is 21.8. The summed E-state index contributed by atoms with van der Waals surface area (Å²) in [6.45, 7) is 20.3. The highest BCUT2D eigenvalue weighted by Gasteiger charge is 2.34. The molecule has 6 heteroatoms. The molecule has 298 valence electrons. The molecule has 0 spiro atoms. The number of carbonyl (C=O) groups excluding carboxylic acids is 1. The minimum absolute atomic E-state index is 0.0496. The summed E-state index contributed by atoms with van der Waals surface area (Å²) in [5, 5.41) is 0. The van der Waals surface area contributed by atoms with Crippen molar-refractivity contribution in [3.05, 3.63) is 47.5 Å². The molecule has 0 saturated heterocycles. The minimum Gasteiger partial charge on any atom is -0.493 e. The molecular weight excluding hydrogens is 659 g/mol. The van der Waals surface area contributed by atoms with E-state index < -0.39 is 6.10 Å². The Morgan fingerprint density at radius 3 is 1.57 bits per heavy atom. The molecule has 0 radical (unpaired) electrons. The van der Waals surface area contributed by atoms with Crippen LogP contribution in [0.3, 0.4) is 0 Å². The summed E-state index contributed by atoms with van der Waals surface area (Å²) in [6, 6.07) is 11.8. The van der Waals surface area contributed by atoms with Crippen LogP contribution < -0.4 is 14.2 Å². The predicted octanol–water partition coefficient (Wildman–Crippen LogP) is 13.4. The van der Waals surface area contributed by atoms with Crippen LogP contribution in [0.4, 0.5) is 5.69 Å². The quantitative estimate of drug-likeness (QED) is 0.0833. The number of Topliss-reactive ketones (excluding diaryl/α,β-unsaturated/α-hetero) is 1. The number of nitrogens with zero attached hydrogens (tertiary/aromatic N) is 1. The Kier molecular flexibility index (Phi) is 21.2. The van der Waals surface area contributed by atoms with Gasteiger partial charge in [-0.1, -0.05) is 132 Å². The second kappa shape index (κ2) is 25.3. The van der Waals surface area contributed by atoms with E-state index in [2.05, 4.69) is 55.4 Å². The maximum absolute atomic E-state index is 14.4. The normalized spacial score (nSPS) is 16.4. The summed E-state index contributed by atoms with van der Waals surface area (Å²) in [4.78, 5) is 19.6. The van der Waals surface area contributed by atoms with Gasteiger partial charge in [0.1, 0.15) is 5.75 Å². The summed E-state index contributed by atoms with van der Waals surface area (Å²) in [5.41, 5.74) is 2.68. The van der Waals surface area contributed by atoms with Crippen molar-refractivity contribution in [2.24, 2.45) is 28.7 Å². The van der Waals surface area contributed by atoms with Crippen molar-refractivity contribution in [2.45, 2.75) is 164 Å². The summed E-state index contributed by atoms with van der Waals surface area (Å²) < 4.78 is 26.1. The molecule has 2 aromatic carbocycles.